The number of para-hydroxylation sites is 2. The lowest BCUT2D eigenvalue weighted by Crippen LogP contribution is -2.04. The zero-order valence-corrected chi connectivity index (χ0v) is 12.9. The third-order valence-corrected chi connectivity index (χ3v) is 3.53. The number of fused-ring (bicyclic) bond motifs is 1. The average Bonchev–Trinajstić information content (AvgIpc) is 2.59. The maximum Gasteiger partial charge on any atom is 0.161 e. The van der Waals surface area contributed by atoms with Crippen LogP contribution in [-0.4, -0.2) is 23.4 Å². The standard InChI is InChI=1S/C18H16N2O3/c1-12-16(20-15-6-4-3-5-14(15)19-12)11-23-17-8-7-13(10-21)9-18(17)22-2/h3-10H,11H2,1-2H3. The van der Waals surface area contributed by atoms with E-state index in [-0.39, 0.29) is 6.61 Å². The van der Waals surface area contributed by atoms with Gasteiger partial charge >= 0.3 is 0 Å². The second-order valence-corrected chi connectivity index (χ2v) is 5.06. The molecule has 0 N–H and O–H groups in total. The number of aromatic nitrogens is 2. The molecule has 0 atom stereocenters. The molecule has 0 radical (unpaired) electrons. The summed E-state index contributed by atoms with van der Waals surface area (Å²) >= 11 is 0. The zero-order valence-electron chi connectivity index (χ0n) is 12.9. The molecule has 5 nitrogen and oxygen atoms in total. The lowest BCUT2D eigenvalue weighted by molar-refractivity contribution is 0.112. The van der Waals surface area contributed by atoms with E-state index in [1.807, 2.05) is 31.2 Å². The van der Waals surface area contributed by atoms with Crippen LogP contribution in [-0.2, 0) is 6.61 Å². The number of rotatable bonds is 5. The smallest absolute Gasteiger partial charge is 0.161 e. The Kier molecular flexibility index (Phi) is 4.19. The van der Waals surface area contributed by atoms with Crippen LogP contribution >= 0.6 is 0 Å². The molecule has 5 heteroatoms. The highest BCUT2D eigenvalue weighted by molar-refractivity contribution is 5.76. The van der Waals surface area contributed by atoms with Crippen molar-refractivity contribution in [1.82, 2.24) is 9.97 Å². The molecule has 1 aromatic heterocycles. The van der Waals surface area contributed by atoms with E-state index in [9.17, 15) is 4.79 Å². The first-order valence-electron chi connectivity index (χ1n) is 7.19. The van der Waals surface area contributed by atoms with Crippen LogP contribution in [0.25, 0.3) is 11.0 Å². The number of nitrogens with zero attached hydrogens (tertiary/aromatic N) is 2. The Bertz CT molecular complexity index is 862. The van der Waals surface area contributed by atoms with Gasteiger partial charge in [-0.2, -0.15) is 0 Å². The summed E-state index contributed by atoms with van der Waals surface area (Å²) in [7, 11) is 1.54. The van der Waals surface area contributed by atoms with Gasteiger partial charge in [0.2, 0.25) is 0 Å². The van der Waals surface area contributed by atoms with Crippen LogP contribution in [0.4, 0.5) is 0 Å². The molecule has 0 aliphatic heterocycles. The SMILES string of the molecule is COc1cc(C=O)ccc1OCc1nc2ccccc2nc1C. The van der Waals surface area contributed by atoms with Gasteiger partial charge in [-0.05, 0) is 37.3 Å². The van der Waals surface area contributed by atoms with Crippen LogP contribution in [0.15, 0.2) is 42.5 Å². The van der Waals surface area contributed by atoms with Crippen molar-refractivity contribution < 1.29 is 14.3 Å². The van der Waals surface area contributed by atoms with Gasteiger partial charge in [0.1, 0.15) is 12.9 Å². The van der Waals surface area contributed by atoms with Crippen molar-refractivity contribution in [3.63, 3.8) is 0 Å². The minimum Gasteiger partial charge on any atom is -0.493 e. The van der Waals surface area contributed by atoms with Crippen molar-refractivity contribution in [2.45, 2.75) is 13.5 Å². The molecule has 3 rings (SSSR count). The summed E-state index contributed by atoms with van der Waals surface area (Å²) < 4.78 is 11.1. The minimum absolute atomic E-state index is 0.278. The van der Waals surface area contributed by atoms with Crippen molar-refractivity contribution in [3.05, 3.63) is 59.4 Å². The Hall–Kier alpha value is -2.95. The number of ether oxygens (including phenoxy) is 2. The number of benzene rings is 2. The van der Waals surface area contributed by atoms with Crippen LogP contribution in [0.5, 0.6) is 11.5 Å². The number of carbonyl (C=O) groups is 1. The summed E-state index contributed by atoms with van der Waals surface area (Å²) in [5.41, 5.74) is 3.83. The molecule has 0 saturated carbocycles. The number of hydrogen-bond acceptors (Lipinski definition) is 5. The van der Waals surface area contributed by atoms with Crippen LogP contribution in [0.1, 0.15) is 21.7 Å². The second kappa shape index (κ2) is 6.44. The monoisotopic (exact) mass is 308 g/mol. The summed E-state index contributed by atoms with van der Waals surface area (Å²) in [4.78, 5) is 20.0. The molecule has 0 aliphatic rings. The molecule has 0 aliphatic carbocycles. The third-order valence-electron chi connectivity index (χ3n) is 3.53. The Morgan fingerprint density at radius 1 is 1.04 bits per heavy atom. The van der Waals surface area contributed by atoms with Crippen LogP contribution < -0.4 is 9.47 Å². The fraction of sp³-hybridized carbons (Fsp3) is 0.167. The largest absolute Gasteiger partial charge is 0.493 e. The number of aldehydes is 1. The van der Waals surface area contributed by atoms with Crippen molar-refractivity contribution in [3.8, 4) is 11.5 Å². The Morgan fingerprint density at radius 3 is 2.48 bits per heavy atom. The predicted molar refractivity (Wildman–Crippen MR) is 87.0 cm³/mol. The first-order chi connectivity index (χ1) is 11.2. The van der Waals surface area contributed by atoms with Gasteiger partial charge in [-0.25, -0.2) is 9.97 Å². The van der Waals surface area contributed by atoms with Gasteiger partial charge in [0.25, 0.3) is 0 Å². The molecule has 3 aromatic rings. The van der Waals surface area contributed by atoms with E-state index in [0.717, 1.165) is 28.7 Å². The molecule has 23 heavy (non-hydrogen) atoms. The molecule has 0 saturated heterocycles. The van der Waals surface area contributed by atoms with E-state index in [2.05, 4.69) is 9.97 Å². The Labute approximate surface area is 133 Å². The highest BCUT2D eigenvalue weighted by Gasteiger charge is 2.09. The summed E-state index contributed by atoms with van der Waals surface area (Å²) in [6, 6.07) is 12.8. The summed E-state index contributed by atoms with van der Waals surface area (Å²) in [6.45, 7) is 2.19. The predicted octanol–water partition coefficient (Wildman–Crippen LogP) is 3.34. The number of hydrogen-bond donors (Lipinski definition) is 0. The quantitative estimate of drug-likeness (QED) is 0.677. The van der Waals surface area contributed by atoms with Crippen molar-refractivity contribution in [2.24, 2.45) is 0 Å². The minimum atomic E-state index is 0.278. The van der Waals surface area contributed by atoms with Gasteiger partial charge in [0, 0.05) is 5.56 Å². The molecule has 2 aromatic carbocycles. The molecule has 0 bridgehead atoms. The van der Waals surface area contributed by atoms with Gasteiger partial charge < -0.3 is 9.47 Å². The van der Waals surface area contributed by atoms with E-state index >= 15 is 0 Å². The van der Waals surface area contributed by atoms with Gasteiger partial charge in [-0.3, -0.25) is 4.79 Å². The van der Waals surface area contributed by atoms with Crippen LogP contribution in [0, 0.1) is 6.92 Å². The molecule has 0 amide bonds. The van der Waals surface area contributed by atoms with E-state index in [4.69, 9.17) is 9.47 Å². The number of methoxy groups -OCH3 is 1. The Morgan fingerprint density at radius 2 is 1.78 bits per heavy atom. The zero-order chi connectivity index (χ0) is 16.2. The van der Waals surface area contributed by atoms with E-state index in [1.165, 1.54) is 7.11 Å². The summed E-state index contributed by atoms with van der Waals surface area (Å²) in [6.07, 6.45) is 0.769. The van der Waals surface area contributed by atoms with Gasteiger partial charge in [0.15, 0.2) is 11.5 Å². The lowest BCUT2D eigenvalue weighted by Gasteiger charge is -2.12. The summed E-state index contributed by atoms with van der Waals surface area (Å²) in [5.74, 6) is 1.08. The van der Waals surface area contributed by atoms with Gasteiger partial charge in [-0.15, -0.1) is 0 Å². The second-order valence-electron chi connectivity index (χ2n) is 5.06. The highest BCUT2D eigenvalue weighted by atomic mass is 16.5. The number of carbonyl (C=O) groups excluding carboxylic acids is 1. The molecule has 0 spiro atoms. The van der Waals surface area contributed by atoms with E-state index in [1.54, 1.807) is 18.2 Å². The first kappa shape index (κ1) is 15.0. The normalized spacial score (nSPS) is 10.5. The van der Waals surface area contributed by atoms with Gasteiger partial charge in [0.05, 0.1) is 29.5 Å². The van der Waals surface area contributed by atoms with Crippen molar-refractivity contribution in [1.29, 1.82) is 0 Å². The molecular weight excluding hydrogens is 292 g/mol. The van der Waals surface area contributed by atoms with Crippen LogP contribution in [0.3, 0.4) is 0 Å². The van der Waals surface area contributed by atoms with E-state index < -0.39 is 0 Å². The molecule has 116 valence electrons. The summed E-state index contributed by atoms with van der Waals surface area (Å²) in [5, 5.41) is 0. The average molecular weight is 308 g/mol. The topological polar surface area (TPSA) is 61.3 Å². The molecular formula is C18H16N2O3. The first-order valence-corrected chi connectivity index (χ1v) is 7.19. The number of aryl methyl sites for hydroxylation is 1. The third kappa shape index (κ3) is 3.13. The highest BCUT2D eigenvalue weighted by Crippen LogP contribution is 2.28. The lowest BCUT2D eigenvalue weighted by atomic mass is 10.2. The molecule has 0 unspecified atom stereocenters. The maximum absolute atomic E-state index is 10.8. The van der Waals surface area contributed by atoms with E-state index in [0.29, 0.717) is 17.1 Å². The fourth-order valence-corrected chi connectivity index (χ4v) is 2.28. The Balaban J connectivity index is 1.86. The molecule has 1 heterocycles. The fourth-order valence-electron chi connectivity index (χ4n) is 2.28. The van der Waals surface area contributed by atoms with Crippen molar-refractivity contribution in [2.75, 3.05) is 7.11 Å². The van der Waals surface area contributed by atoms with Crippen molar-refractivity contribution >= 4 is 17.3 Å². The molecule has 0 fully saturated rings. The van der Waals surface area contributed by atoms with Crippen LogP contribution in [0.2, 0.25) is 0 Å². The van der Waals surface area contributed by atoms with Gasteiger partial charge in [-0.1, -0.05) is 12.1 Å². The maximum atomic E-state index is 10.8.